The zero-order chi connectivity index (χ0) is 19.3. The first-order chi connectivity index (χ1) is 12.9. The van der Waals surface area contributed by atoms with Gasteiger partial charge in [0.15, 0.2) is 5.13 Å². The van der Waals surface area contributed by atoms with Crippen LogP contribution in [-0.2, 0) is 0 Å². The molecule has 0 spiro atoms. The zero-order valence-corrected chi connectivity index (χ0v) is 15.9. The molecule has 27 heavy (non-hydrogen) atoms. The predicted octanol–water partition coefficient (Wildman–Crippen LogP) is 3.24. The molecule has 4 heterocycles. The molecule has 1 fully saturated rings. The Morgan fingerprint density at radius 1 is 1.52 bits per heavy atom. The predicted molar refractivity (Wildman–Crippen MR) is 102 cm³/mol. The van der Waals surface area contributed by atoms with Gasteiger partial charge in [-0.3, -0.25) is 4.79 Å². The third-order valence-electron chi connectivity index (χ3n) is 4.84. The summed E-state index contributed by atoms with van der Waals surface area (Å²) in [4.78, 5) is 32.7. The van der Waals surface area contributed by atoms with E-state index in [9.17, 15) is 14.0 Å². The maximum atomic E-state index is 14.9. The molecule has 2 N–H and O–H groups in total. The summed E-state index contributed by atoms with van der Waals surface area (Å²) >= 11 is 7.20. The molecule has 0 bridgehead atoms. The van der Waals surface area contributed by atoms with Gasteiger partial charge in [0.25, 0.3) is 5.56 Å². The normalized spacial score (nSPS) is 20.3. The van der Waals surface area contributed by atoms with Gasteiger partial charge in [0, 0.05) is 23.8 Å². The van der Waals surface area contributed by atoms with Gasteiger partial charge in [0.1, 0.15) is 16.6 Å². The Morgan fingerprint density at radius 2 is 2.30 bits per heavy atom. The average Bonchev–Trinajstić information content (AvgIpc) is 3.23. The standard InChI is InChI=1S/C17H16ClFN4O3S/c1-8-13(18)9-2-5-23(15(24)14(9)21-8)11-3-4-22(7-10(11)19)17-20-6-12(27-17)16(25)26/h2,5-6,10-11,21H,3-4,7H2,1H3,(H,25,26). The van der Waals surface area contributed by atoms with Crippen LogP contribution in [0.4, 0.5) is 9.52 Å². The second-order valence-corrected chi connectivity index (χ2v) is 7.90. The molecule has 0 radical (unpaired) electrons. The van der Waals surface area contributed by atoms with Crippen LogP contribution in [0.3, 0.4) is 0 Å². The number of piperidine rings is 1. The summed E-state index contributed by atoms with van der Waals surface area (Å²) in [6.07, 6.45) is 1.97. The second-order valence-electron chi connectivity index (χ2n) is 6.51. The van der Waals surface area contributed by atoms with Crippen molar-refractivity contribution in [3.8, 4) is 0 Å². The number of aromatic carboxylic acids is 1. The van der Waals surface area contributed by atoms with Crippen molar-refractivity contribution in [3.05, 3.63) is 44.4 Å². The molecule has 7 nitrogen and oxygen atoms in total. The first kappa shape index (κ1) is 18.0. The van der Waals surface area contributed by atoms with E-state index in [4.69, 9.17) is 16.7 Å². The highest BCUT2D eigenvalue weighted by Gasteiger charge is 2.33. The summed E-state index contributed by atoms with van der Waals surface area (Å²) < 4.78 is 16.3. The molecule has 142 valence electrons. The number of anilines is 1. The molecular weight excluding hydrogens is 395 g/mol. The number of hydrogen-bond acceptors (Lipinski definition) is 5. The number of hydrogen-bond donors (Lipinski definition) is 2. The Hall–Kier alpha value is -2.39. The van der Waals surface area contributed by atoms with Crippen molar-refractivity contribution >= 4 is 44.9 Å². The Balaban J connectivity index is 1.60. The second kappa shape index (κ2) is 6.65. The molecule has 0 amide bonds. The number of H-pyrrole nitrogens is 1. The van der Waals surface area contributed by atoms with Gasteiger partial charge in [0.2, 0.25) is 0 Å². The number of aromatic amines is 1. The van der Waals surface area contributed by atoms with E-state index in [2.05, 4.69) is 9.97 Å². The van der Waals surface area contributed by atoms with Gasteiger partial charge in [-0.05, 0) is 19.4 Å². The molecule has 10 heteroatoms. The molecular formula is C17H16ClFN4O3S. The summed E-state index contributed by atoms with van der Waals surface area (Å²) in [7, 11) is 0. The van der Waals surface area contributed by atoms with E-state index in [1.807, 2.05) is 0 Å². The molecule has 2 unspecified atom stereocenters. The van der Waals surface area contributed by atoms with Gasteiger partial charge < -0.3 is 19.6 Å². The highest BCUT2D eigenvalue weighted by molar-refractivity contribution is 7.17. The molecule has 3 aromatic rings. The maximum absolute atomic E-state index is 14.9. The van der Waals surface area contributed by atoms with E-state index in [-0.39, 0.29) is 17.0 Å². The summed E-state index contributed by atoms with van der Waals surface area (Å²) in [5, 5.41) is 10.6. The molecule has 3 aromatic heterocycles. The van der Waals surface area contributed by atoms with E-state index in [1.165, 1.54) is 10.8 Å². The van der Waals surface area contributed by atoms with Crippen molar-refractivity contribution in [2.75, 3.05) is 18.0 Å². The fourth-order valence-electron chi connectivity index (χ4n) is 3.45. The Kier molecular flexibility index (Phi) is 4.43. The summed E-state index contributed by atoms with van der Waals surface area (Å²) in [6, 6.07) is 1.13. The lowest BCUT2D eigenvalue weighted by Crippen LogP contribution is -2.45. The number of alkyl halides is 1. The molecule has 0 aromatic carbocycles. The summed E-state index contributed by atoms with van der Waals surface area (Å²) in [5.41, 5.74) is 0.776. The van der Waals surface area contributed by atoms with Gasteiger partial charge in [-0.15, -0.1) is 0 Å². The number of nitrogens with zero attached hydrogens (tertiary/aromatic N) is 3. The number of carbonyl (C=O) groups is 1. The minimum Gasteiger partial charge on any atom is -0.477 e. The Morgan fingerprint density at radius 3 is 2.96 bits per heavy atom. The zero-order valence-electron chi connectivity index (χ0n) is 14.3. The lowest BCUT2D eigenvalue weighted by molar-refractivity contribution is 0.0702. The van der Waals surface area contributed by atoms with E-state index < -0.39 is 18.2 Å². The van der Waals surface area contributed by atoms with Crippen molar-refractivity contribution in [2.24, 2.45) is 0 Å². The first-order valence-corrected chi connectivity index (χ1v) is 9.53. The van der Waals surface area contributed by atoms with Gasteiger partial charge in [-0.2, -0.15) is 0 Å². The van der Waals surface area contributed by atoms with Crippen LogP contribution >= 0.6 is 22.9 Å². The number of rotatable bonds is 3. The molecule has 1 saturated heterocycles. The quantitative estimate of drug-likeness (QED) is 0.691. The van der Waals surface area contributed by atoms with Gasteiger partial charge >= 0.3 is 5.97 Å². The molecule has 0 aliphatic carbocycles. The number of nitrogens with one attached hydrogen (secondary N) is 1. The van der Waals surface area contributed by atoms with Gasteiger partial charge in [-0.25, -0.2) is 14.2 Å². The monoisotopic (exact) mass is 410 g/mol. The largest absolute Gasteiger partial charge is 0.477 e. The number of thiazole rings is 1. The summed E-state index contributed by atoms with van der Waals surface area (Å²) in [6.45, 7) is 2.31. The molecule has 0 saturated carbocycles. The lowest BCUT2D eigenvalue weighted by atomic mass is 10.0. The van der Waals surface area contributed by atoms with Crippen molar-refractivity contribution in [1.29, 1.82) is 0 Å². The highest BCUT2D eigenvalue weighted by atomic mass is 35.5. The van der Waals surface area contributed by atoms with E-state index in [0.29, 0.717) is 39.7 Å². The third-order valence-corrected chi connectivity index (χ3v) is 6.37. The van der Waals surface area contributed by atoms with Crippen LogP contribution in [0.15, 0.2) is 23.3 Å². The van der Waals surface area contributed by atoms with Crippen LogP contribution in [-0.4, -0.2) is 44.9 Å². The van der Waals surface area contributed by atoms with Crippen LogP contribution in [0.5, 0.6) is 0 Å². The smallest absolute Gasteiger partial charge is 0.347 e. The van der Waals surface area contributed by atoms with Crippen LogP contribution in [0.25, 0.3) is 10.9 Å². The van der Waals surface area contributed by atoms with E-state index in [1.54, 1.807) is 24.1 Å². The van der Waals surface area contributed by atoms with E-state index >= 15 is 0 Å². The number of fused-ring (bicyclic) bond motifs is 1. The molecule has 1 aliphatic heterocycles. The number of aromatic nitrogens is 3. The lowest BCUT2D eigenvalue weighted by Gasteiger charge is -2.35. The first-order valence-electron chi connectivity index (χ1n) is 8.34. The van der Waals surface area contributed by atoms with Crippen molar-refractivity contribution < 1.29 is 14.3 Å². The van der Waals surface area contributed by atoms with Crippen LogP contribution < -0.4 is 10.5 Å². The van der Waals surface area contributed by atoms with Crippen LogP contribution in [0.1, 0.15) is 27.8 Å². The molecule has 4 rings (SSSR count). The molecule has 2 atom stereocenters. The van der Waals surface area contributed by atoms with Crippen molar-refractivity contribution in [1.82, 2.24) is 14.5 Å². The van der Waals surface area contributed by atoms with Crippen LogP contribution in [0, 0.1) is 6.92 Å². The minimum atomic E-state index is -1.29. The van der Waals surface area contributed by atoms with Crippen molar-refractivity contribution in [3.63, 3.8) is 0 Å². The Labute approximate surface area is 162 Å². The SMILES string of the molecule is Cc1[nH]c2c(=O)n(C3CCN(c4ncc(C(=O)O)s4)CC3F)ccc2c1Cl. The number of halogens is 2. The number of carboxylic acids is 1. The third kappa shape index (κ3) is 3.00. The fourth-order valence-corrected chi connectivity index (χ4v) is 4.44. The molecule has 1 aliphatic rings. The van der Waals surface area contributed by atoms with Gasteiger partial charge in [-0.1, -0.05) is 22.9 Å². The maximum Gasteiger partial charge on any atom is 0.347 e. The fraction of sp³-hybridized carbons (Fsp3) is 0.353. The summed E-state index contributed by atoms with van der Waals surface area (Å²) in [5.74, 6) is -1.05. The van der Waals surface area contributed by atoms with Crippen molar-refractivity contribution in [2.45, 2.75) is 25.6 Å². The average molecular weight is 411 g/mol. The number of carboxylic acid groups (broad SMARTS) is 1. The number of pyridine rings is 1. The minimum absolute atomic E-state index is 0.0478. The Bertz CT molecular complexity index is 1090. The van der Waals surface area contributed by atoms with Crippen LogP contribution in [0.2, 0.25) is 5.02 Å². The highest BCUT2D eigenvalue weighted by Crippen LogP contribution is 2.31. The van der Waals surface area contributed by atoms with Gasteiger partial charge in [0.05, 0.1) is 23.8 Å². The van der Waals surface area contributed by atoms with E-state index in [0.717, 1.165) is 11.3 Å². The topological polar surface area (TPSA) is 91.2 Å². The number of aryl methyl sites for hydroxylation is 1.